The van der Waals surface area contributed by atoms with E-state index in [1.54, 1.807) is 0 Å². The van der Waals surface area contributed by atoms with Gasteiger partial charge in [-0.25, -0.2) is 0 Å². The molecule has 0 bridgehead atoms. The van der Waals surface area contributed by atoms with Gasteiger partial charge in [-0.1, -0.05) is 19.8 Å². The van der Waals surface area contributed by atoms with Crippen LogP contribution in [-0.4, -0.2) is 144 Å². The molecular weight excluding hydrogens is 480 g/mol. The standard InChI is InChI=1S/C27H56N2O8/c1-3-11-30-17-23-36-25-21-34-15-9-29(8-14-33-20-19-32-13-7-28-2)10-16-35-22-26-37-24-18-31-12-6-27-4-5-27/h27-28H,3-26H2,1-2H3. The summed E-state index contributed by atoms with van der Waals surface area (Å²) < 4.78 is 44.8. The van der Waals surface area contributed by atoms with Crippen LogP contribution in [0.2, 0.25) is 0 Å². The predicted octanol–water partition coefficient (Wildman–Crippen LogP) is 1.85. The molecule has 1 N–H and O–H groups in total. The van der Waals surface area contributed by atoms with E-state index in [0.717, 1.165) is 51.7 Å². The van der Waals surface area contributed by atoms with Crippen LogP contribution >= 0.6 is 0 Å². The molecule has 0 aromatic heterocycles. The van der Waals surface area contributed by atoms with Gasteiger partial charge in [-0.2, -0.15) is 0 Å². The number of hydrogen-bond donors (Lipinski definition) is 1. The van der Waals surface area contributed by atoms with Gasteiger partial charge in [0.2, 0.25) is 0 Å². The van der Waals surface area contributed by atoms with Gasteiger partial charge in [0.25, 0.3) is 0 Å². The van der Waals surface area contributed by atoms with Crippen molar-refractivity contribution in [3.8, 4) is 0 Å². The van der Waals surface area contributed by atoms with Gasteiger partial charge in [0, 0.05) is 39.4 Å². The largest absolute Gasteiger partial charge is 0.379 e. The molecule has 10 nitrogen and oxygen atoms in total. The lowest BCUT2D eigenvalue weighted by Crippen LogP contribution is -2.34. The van der Waals surface area contributed by atoms with Crippen LogP contribution in [0.15, 0.2) is 0 Å². The average molecular weight is 537 g/mol. The van der Waals surface area contributed by atoms with E-state index in [1.165, 1.54) is 19.3 Å². The lowest BCUT2D eigenvalue weighted by Gasteiger charge is -2.22. The van der Waals surface area contributed by atoms with Crippen molar-refractivity contribution in [2.75, 3.05) is 139 Å². The molecule has 10 heteroatoms. The highest BCUT2D eigenvalue weighted by molar-refractivity contribution is 4.72. The highest BCUT2D eigenvalue weighted by Crippen LogP contribution is 2.31. The summed E-state index contributed by atoms with van der Waals surface area (Å²) in [7, 11) is 1.91. The van der Waals surface area contributed by atoms with Gasteiger partial charge in [-0.15, -0.1) is 0 Å². The maximum Gasteiger partial charge on any atom is 0.0701 e. The number of rotatable bonds is 32. The van der Waals surface area contributed by atoms with E-state index in [1.807, 2.05) is 7.05 Å². The van der Waals surface area contributed by atoms with Crippen molar-refractivity contribution < 1.29 is 37.9 Å². The molecule has 0 atom stereocenters. The summed E-state index contributed by atoms with van der Waals surface area (Å²) in [4.78, 5) is 2.30. The molecule has 0 radical (unpaired) electrons. The van der Waals surface area contributed by atoms with Gasteiger partial charge in [0.1, 0.15) is 0 Å². The zero-order valence-corrected chi connectivity index (χ0v) is 23.8. The van der Waals surface area contributed by atoms with Crippen molar-refractivity contribution in [1.82, 2.24) is 10.2 Å². The Balaban J connectivity index is 2.02. The van der Waals surface area contributed by atoms with Crippen LogP contribution in [0.5, 0.6) is 0 Å². The van der Waals surface area contributed by atoms with E-state index in [0.29, 0.717) is 92.5 Å². The number of nitrogens with one attached hydrogen (secondary N) is 1. The first-order chi connectivity index (χ1) is 18.4. The fourth-order valence-corrected chi connectivity index (χ4v) is 3.30. The predicted molar refractivity (Wildman–Crippen MR) is 145 cm³/mol. The fourth-order valence-electron chi connectivity index (χ4n) is 3.30. The maximum absolute atomic E-state index is 5.77. The smallest absolute Gasteiger partial charge is 0.0701 e. The second kappa shape index (κ2) is 28.6. The normalized spacial score (nSPS) is 13.7. The van der Waals surface area contributed by atoms with E-state index in [-0.39, 0.29) is 0 Å². The van der Waals surface area contributed by atoms with E-state index in [4.69, 9.17) is 37.9 Å². The SMILES string of the molecule is CCCOCCOCCOCCN(CCOCCOCCNC)CCOCCOCCOCCC1CC1. The second-order valence-electron chi connectivity index (χ2n) is 9.08. The Morgan fingerprint density at radius 3 is 1.30 bits per heavy atom. The zero-order chi connectivity index (χ0) is 26.5. The number of likely N-dealkylation sites (N-methyl/N-ethyl adjacent to an activating group) is 1. The van der Waals surface area contributed by atoms with Crippen LogP contribution in [0.1, 0.15) is 32.6 Å². The van der Waals surface area contributed by atoms with Crippen molar-refractivity contribution >= 4 is 0 Å². The van der Waals surface area contributed by atoms with Crippen molar-refractivity contribution in [3.63, 3.8) is 0 Å². The van der Waals surface area contributed by atoms with Gasteiger partial charge in [0.15, 0.2) is 0 Å². The molecule has 1 saturated carbocycles. The van der Waals surface area contributed by atoms with Crippen molar-refractivity contribution in [2.24, 2.45) is 5.92 Å². The quantitative estimate of drug-likeness (QED) is 0.129. The molecule has 1 rings (SSSR count). The van der Waals surface area contributed by atoms with Gasteiger partial charge in [0.05, 0.1) is 92.5 Å². The summed E-state index contributed by atoms with van der Waals surface area (Å²) in [5, 5.41) is 3.06. The minimum Gasteiger partial charge on any atom is -0.379 e. The number of nitrogens with zero attached hydrogens (tertiary/aromatic N) is 1. The van der Waals surface area contributed by atoms with Crippen molar-refractivity contribution in [2.45, 2.75) is 32.6 Å². The Kier molecular flexibility index (Phi) is 26.8. The first kappa shape index (κ1) is 34.6. The Labute approximate surface area is 225 Å². The Morgan fingerprint density at radius 2 is 0.892 bits per heavy atom. The summed E-state index contributed by atoms with van der Waals surface area (Å²) in [5.74, 6) is 0.920. The van der Waals surface area contributed by atoms with Crippen LogP contribution in [0.3, 0.4) is 0 Å². The van der Waals surface area contributed by atoms with E-state index in [2.05, 4.69) is 17.1 Å². The molecule has 1 aliphatic carbocycles. The molecule has 222 valence electrons. The van der Waals surface area contributed by atoms with Gasteiger partial charge >= 0.3 is 0 Å². The molecule has 1 aliphatic rings. The zero-order valence-electron chi connectivity index (χ0n) is 23.8. The highest BCUT2D eigenvalue weighted by atomic mass is 16.6. The van der Waals surface area contributed by atoms with Crippen LogP contribution in [-0.2, 0) is 37.9 Å². The highest BCUT2D eigenvalue weighted by Gasteiger charge is 2.20. The first-order valence-electron chi connectivity index (χ1n) is 14.4. The molecule has 37 heavy (non-hydrogen) atoms. The molecule has 0 aromatic rings. The third kappa shape index (κ3) is 27.0. The van der Waals surface area contributed by atoms with Crippen molar-refractivity contribution in [3.05, 3.63) is 0 Å². The lowest BCUT2D eigenvalue weighted by molar-refractivity contribution is -0.00296. The third-order valence-corrected chi connectivity index (χ3v) is 5.73. The molecule has 0 heterocycles. The monoisotopic (exact) mass is 536 g/mol. The van der Waals surface area contributed by atoms with Crippen LogP contribution in [0.25, 0.3) is 0 Å². The van der Waals surface area contributed by atoms with Gasteiger partial charge < -0.3 is 43.2 Å². The number of hydrogen-bond acceptors (Lipinski definition) is 10. The fraction of sp³-hybridized carbons (Fsp3) is 1.00. The van der Waals surface area contributed by atoms with E-state index in [9.17, 15) is 0 Å². The molecule has 0 spiro atoms. The van der Waals surface area contributed by atoms with Gasteiger partial charge in [-0.05, 0) is 25.8 Å². The average Bonchev–Trinajstić information content (AvgIpc) is 3.73. The van der Waals surface area contributed by atoms with E-state index < -0.39 is 0 Å². The summed E-state index contributed by atoms with van der Waals surface area (Å²) in [6, 6.07) is 0. The summed E-state index contributed by atoms with van der Waals surface area (Å²) in [6.07, 6.45) is 4.99. The van der Waals surface area contributed by atoms with Gasteiger partial charge in [-0.3, -0.25) is 4.90 Å². The summed E-state index contributed by atoms with van der Waals surface area (Å²) in [5.41, 5.74) is 0. The molecule has 0 unspecified atom stereocenters. The molecule has 0 saturated heterocycles. The topological polar surface area (TPSA) is 89.1 Å². The van der Waals surface area contributed by atoms with E-state index >= 15 is 0 Å². The molecule has 0 aromatic carbocycles. The third-order valence-electron chi connectivity index (χ3n) is 5.73. The first-order valence-corrected chi connectivity index (χ1v) is 14.4. The van der Waals surface area contributed by atoms with Crippen molar-refractivity contribution in [1.29, 1.82) is 0 Å². The summed E-state index contributed by atoms with van der Waals surface area (Å²) in [6.45, 7) is 15.8. The van der Waals surface area contributed by atoms with Crippen LogP contribution in [0.4, 0.5) is 0 Å². The Morgan fingerprint density at radius 1 is 0.514 bits per heavy atom. The van der Waals surface area contributed by atoms with Crippen LogP contribution in [0, 0.1) is 5.92 Å². The maximum atomic E-state index is 5.77. The Hall–Kier alpha value is -0.400. The number of ether oxygens (including phenoxy) is 8. The minimum absolute atomic E-state index is 0.584. The minimum atomic E-state index is 0.584. The Bertz CT molecular complexity index is 447. The molecule has 0 amide bonds. The molecule has 1 fully saturated rings. The lowest BCUT2D eigenvalue weighted by atomic mass is 10.3. The second-order valence-corrected chi connectivity index (χ2v) is 9.08. The molecule has 0 aliphatic heterocycles. The van der Waals surface area contributed by atoms with Crippen LogP contribution < -0.4 is 5.32 Å². The summed E-state index contributed by atoms with van der Waals surface area (Å²) >= 11 is 0. The molecular formula is C27H56N2O8.